The van der Waals surface area contributed by atoms with E-state index in [-0.39, 0.29) is 6.10 Å². The molecule has 2 rings (SSSR count). The van der Waals surface area contributed by atoms with Crippen molar-refractivity contribution in [3.63, 3.8) is 0 Å². The quantitative estimate of drug-likeness (QED) is 0.743. The van der Waals surface area contributed by atoms with E-state index in [1.165, 1.54) is 18.5 Å². The molecule has 1 aliphatic carbocycles. The highest BCUT2D eigenvalue weighted by molar-refractivity contribution is 7.09. The van der Waals surface area contributed by atoms with E-state index in [4.69, 9.17) is 4.74 Å². The van der Waals surface area contributed by atoms with Gasteiger partial charge >= 0.3 is 0 Å². The van der Waals surface area contributed by atoms with Crippen molar-refractivity contribution in [2.75, 3.05) is 7.11 Å². The van der Waals surface area contributed by atoms with Crippen LogP contribution in [-0.4, -0.2) is 12.1 Å². The first-order valence-electron chi connectivity index (χ1n) is 5.33. The first-order valence-corrected chi connectivity index (χ1v) is 6.21. The van der Waals surface area contributed by atoms with Gasteiger partial charge in [-0.15, -0.1) is 11.3 Å². The van der Waals surface area contributed by atoms with Gasteiger partial charge in [0.05, 0.1) is 5.69 Å². The second-order valence-electron chi connectivity index (χ2n) is 3.90. The molecule has 1 atom stereocenters. The molecular formula is C11H17NOS. The molecule has 0 radical (unpaired) electrons. The number of ether oxygens (including phenoxy) is 1. The molecule has 0 aliphatic heterocycles. The Bertz CT molecular complexity index is 293. The van der Waals surface area contributed by atoms with E-state index in [9.17, 15) is 0 Å². The van der Waals surface area contributed by atoms with Gasteiger partial charge in [-0.25, -0.2) is 4.98 Å². The minimum Gasteiger partial charge on any atom is -0.374 e. The van der Waals surface area contributed by atoms with E-state index in [1.807, 2.05) is 0 Å². The van der Waals surface area contributed by atoms with Crippen LogP contribution in [0.4, 0.5) is 0 Å². The molecule has 1 aliphatic rings. The van der Waals surface area contributed by atoms with Gasteiger partial charge in [0.25, 0.3) is 0 Å². The lowest BCUT2D eigenvalue weighted by Gasteiger charge is -2.10. The first kappa shape index (κ1) is 10.1. The number of hydrogen-bond donors (Lipinski definition) is 0. The average Bonchev–Trinajstić information content (AvgIpc) is 2.94. The maximum atomic E-state index is 5.44. The molecule has 0 aromatic carbocycles. The van der Waals surface area contributed by atoms with Gasteiger partial charge in [0.1, 0.15) is 11.1 Å². The summed E-state index contributed by atoms with van der Waals surface area (Å²) in [6.07, 6.45) is 5.10. The molecule has 1 aromatic rings. The summed E-state index contributed by atoms with van der Waals surface area (Å²) < 4.78 is 5.44. The van der Waals surface area contributed by atoms with E-state index in [2.05, 4.69) is 17.3 Å². The summed E-state index contributed by atoms with van der Waals surface area (Å²) in [5, 5.41) is 3.37. The van der Waals surface area contributed by atoms with Crippen LogP contribution in [0.15, 0.2) is 5.38 Å². The molecule has 3 heteroatoms. The highest BCUT2D eigenvalue weighted by Crippen LogP contribution is 2.41. The minimum absolute atomic E-state index is 0.220. The SMILES string of the molecule is CCCC(OC)c1nc(C2CC2)cs1. The van der Waals surface area contributed by atoms with Gasteiger partial charge in [-0.3, -0.25) is 0 Å². The third-order valence-corrected chi connectivity index (χ3v) is 3.60. The molecule has 1 saturated carbocycles. The van der Waals surface area contributed by atoms with Gasteiger partial charge in [0.2, 0.25) is 0 Å². The Kier molecular flexibility index (Phi) is 3.19. The smallest absolute Gasteiger partial charge is 0.122 e. The highest BCUT2D eigenvalue weighted by Gasteiger charge is 2.27. The second-order valence-corrected chi connectivity index (χ2v) is 4.79. The fraction of sp³-hybridized carbons (Fsp3) is 0.727. The lowest BCUT2D eigenvalue weighted by atomic mass is 10.2. The van der Waals surface area contributed by atoms with Crippen molar-refractivity contribution < 1.29 is 4.74 Å². The Hall–Kier alpha value is -0.410. The van der Waals surface area contributed by atoms with Crippen molar-refractivity contribution in [2.45, 2.75) is 44.6 Å². The summed E-state index contributed by atoms with van der Waals surface area (Å²) in [6.45, 7) is 2.18. The monoisotopic (exact) mass is 211 g/mol. The zero-order chi connectivity index (χ0) is 9.97. The normalized spacial score (nSPS) is 18.4. The fourth-order valence-corrected chi connectivity index (χ4v) is 2.63. The summed E-state index contributed by atoms with van der Waals surface area (Å²) in [4.78, 5) is 4.66. The van der Waals surface area contributed by atoms with Crippen LogP contribution in [-0.2, 0) is 4.74 Å². The van der Waals surface area contributed by atoms with Crippen LogP contribution >= 0.6 is 11.3 Å². The maximum absolute atomic E-state index is 5.44. The standard InChI is InChI=1S/C11H17NOS/c1-3-4-10(13-2)11-12-9(7-14-11)8-5-6-8/h7-8,10H,3-6H2,1-2H3. The Labute approximate surface area is 89.3 Å². The molecule has 78 valence electrons. The average molecular weight is 211 g/mol. The zero-order valence-electron chi connectivity index (χ0n) is 8.82. The van der Waals surface area contributed by atoms with Crippen molar-refractivity contribution in [1.29, 1.82) is 0 Å². The number of nitrogens with zero attached hydrogens (tertiary/aromatic N) is 1. The van der Waals surface area contributed by atoms with E-state index in [0.29, 0.717) is 0 Å². The van der Waals surface area contributed by atoms with E-state index >= 15 is 0 Å². The third kappa shape index (κ3) is 2.15. The zero-order valence-corrected chi connectivity index (χ0v) is 9.64. The lowest BCUT2D eigenvalue weighted by molar-refractivity contribution is 0.0946. The highest BCUT2D eigenvalue weighted by atomic mass is 32.1. The maximum Gasteiger partial charge on any atom is 0.122 e. The Balaban J connectivity index is 2.05. The predicted octanol–water partition coefficient (Wildman–Crippen LogP) is 3.51. The van der Waals surface area contributed by atoms with Gasteiger partial charge in [-0.05, 0) is 19.3 Å². The van der Waals surface area contributed by atoms with Gasteiger partial charge < -0.3 is 4.74 Å². The molecule has 1 fully saturated rings. The number of aromatic nitrogens is 1. The summed E-state index contributed by atoms with van der Waals surface area (Å²) in [6, 6.07) is 0. The summed E-state index contributed by atoms with van der Waals surface area (Å²) in [5.41, 5.74) is 1.29. The Morgan fingerprint density at radius 2 is 2.43 bits per heavy atom. The lowest BCUT2D eigenvalue weighted by Crippen LogP contribution is -2.00. The molecule has 1 unspecified atom stereocenters. The number of methoxy groups -OCH3 is 1. The Morgan fingerprint density at radius 1 is 1.64 bits per heavy atom. The van der Waals surface area contributed by atoms with Crippen molar-refractivity contribution in [3.05, 3.63) is 16.1 Å². The van der Waals surface area contributed by atoms with Crippen molar-refractivity contribution >= 4 is 11.3 Å². The second kappa shape index (κ2) is 4.41. The van der Waals surface area contributed by atoms with E-state index in [0.717, 1.165) is 23.8 Å². The first-order chi connectivity index (χ1) is 6.85. The van der Waals surface area contributed by atoms with Crippen LogP contribution in [0.3, 0.4) is 0 Å². The molecule has 1 heterocycles. The molecule has 0 N–H and O–H groups in total. The molecule has 2 nitrogen and oxygen atoms in total. The van der Waals surface area contributed by atoms with Crippen LogP contribution < -0.4 is 0 Å². The Morgan fingerprint density at radius 3 is 3.00 bits per heavy atom. The fourth-order valence-electron chi connectivity index (χ4n) is 1.62. The van der Waals surface area contributed by atoms with Crippen LogP contribution in [0.2, 0.25) is 0 Å². The van der Waals surface area contributed by atoms with Crippen LogP contribution in [0.1, 0.15) is 55.3 Å². The summed E-state index contributed by atoms with van der Waals surface area (Å²) in [5.74, 6) is 0.763. The minimum atomic E-state index is 0.220. The molecule has 0 amide bonds. The molecule has 0 saturated heterocycles. The molecule has 0 spiro atoms. The van der Waals surface area contributed by atoms with Crippen LogP contribution in [0.25, 0.3) is 0 Å². The van der Waals surface area contributed by atoms with Gasteiger partial charge in [0.15, 0.2) is 0 Å². The van der Waals surface area contributed by atoms with Gasteiger partial charge in [-0.2, -0.15) is 0 Å². The summed E-state index contributed by atoms with van der Waals surface area (Å²) >= 11 is 1.75. The van der Waals surface area contributed by atoms with Crippen molar-refractivity contribution in [3.8, 4) is 0 Å². The number of rotatable bonds is 5. The summed E-state index contributed by atoms with van der Waals surface area (Å²) in [7, 11) is 1.78. The number of hydrogen-bond acceptors (Lipinski definition) is 3. The van der Waals surface area contributed by atoms with Crippen molar-refractivity contribution in [2.24, 2.45) is 0 Å². The van der Waals surface area contributed by atoms with E-state index < -0.39 is 0 Å². The predicted molar refractivity (Wildman–Crippen MR) is 58.7 cm³/mol. The number of thiazole rings is 1. The van der Waals surface area contributed by atoms with Crippen LogP contribution in [0, 0.1) is 0 Å². The topological polar surface area (TPSA) is 22.1 Å². The van der Waals surface area contributed by atoms with Crippen LogP contribution in [0.5, 0.6) is 0 Å². The van der Waals surface area contributed by atoms with Gasteiger partial charge in [0, 0.05) is 18.4 Å². The van der Waals surface area contributed by atoms with Gasteiger partial charge in [-0.1, -0.05) is 13.3 Å². The third-order valence-electron chi connectivity index (χ3n) is 2.65. The van der Waals surface area contributed by atoms with Crippen molar-refractivity contribution in [1.82, 2.24) is 4.98 Å². The molecule has 14 heavy (non-hydrogen) atoms. The van der Waals surface area contributed by atoms with E-state index in [1.54, 1.807) is 18.4 Å². The molecule has 0 bridgehead atoms. The largest absolute Gasteiger partial charge is 0.374 e. The molecular weight excluding hydrogens is 194 g/mol. The molecule has 1 aromatic heterocycles.